The van der Waals surface area contributed by atoms with Crippen LogP contribution in [0.5, 0.6) is 5.75 Å². The number of benzene rings is 1. The molecule has 1 fully saturated rings. The molecule has 0 aliphatic heterocycles. The number of amides is 1. The molecule has 0 unspecified atom stereocenters. The lowest BCUT2D eigenvalue weighted by atomic mass is 9.91. The molecule has 3 rings (SSSR count). The molecule has 0 bridgehead atoms. The van der Waals surface area contributed by atoms with Gasteiger partial charge in [0.15, 0.2) is 0 Å². The van der Waals surface area contributed by atoms with E-state index in [-0.39, 0.29) is 17.6 Å². The lowest BCUT2D eigenvalue weighted by molar-refractivity contribution is -0.137. The van der Waals surface area contributed by atoms with Gasteiger partial charge in [-0.3, -0.25) is 4.79 Å². The number of hydrogen-bond acceptors (Lipinski definition) is 8. The molecule has 1 aromatic heterocycles. The highest BCUT2D eigenvalue weighted by Gasteiger charge is 2.37. The van der Waals surface area contributed by atoms with Crippen molar-refractivity contribution in [3.05, 3.63) is 35.0 Å². The third-order valence-corrected chi connectivity index (χ3v) is 6.54. The first kappa shape index (κ1) is 27.5. The Morgan fingerprint density at radius 1 is 1.17 bits per heavy atom. The van der Waals surface area contributed by atoms with Crippen LogP contribution in [0.2, 0.25) is 0 Å². The minimum absolute atomic E-state index is 0.140. The van der Waals surface area contributed by atoms with E-state index in [1.165, 1.54) is 20.2 Å². The lowest BCUT2D eigenvalue weighted by Crippen LogP contribution is -2.48. The molecule has 2 atom stereocenters. The number of carbonyl (C=O) groups excluding carboxylic acids is 1. The van der Waals surface area contributed by atoms with E-state index in [2.05, 4.69) is 30.6 Å². The van der Waals surface area contributed by atoms with Crippen molar-refractivity contribution >= 4 is 33.4 Å². The predicted molar refractivity (Wildman–Crippen MR) is 129 cm³/mol. The van der Waals surface area contributed by atoms with Crippen molar-refractivity contribution in [2.24, 2.45) is 0 Å². The van der Waals surface area contributed by atoms with Crippen LogP contribution in [0.4, 0.5) is 30.6 Å². The van der Waals surface area contributed by atoms with Crippen LogP contribution < -0.4 is 25.4 Å². The van der Waals surface area contributed by atoms with E-state index in [1.807, 2.05) is 0 Å². The van der Waals surface area contributed by atoms with Crippen molar-refractivity contribution in [3.8, 4) is 5.75 Å². The van der Waals surface area contributed by atoms with Gasteiger partial charge in [-0.15, -0.1) is 0 Å². The zero-order chi connectivity index (χ0) is 26.7. The van der Waals surface area contributed by atoms with Crippen molar-refractivity contribution in [2.75, 3.05) is 31.0 Å². The molecule has 10 nitrogen and oxygen atoms in total. The number of ether oxygens (including phenoxy) is 1. The molecule has 14 heteroatoms. The summed E-state index contributed by atoms with van der Waals surface area (Å²) in [5.41, 5.74) is 0.245. The molecule has 198 valence electrons. The van der Waals surface area contributed by atoms with Crippen molar-refractivity contribution < 1.29 is 31.1 Å². The summed E-state index contributed by atoms with van der Waals surface area (Å²) in [4.78, 5) is 20.0. The van der Waals surface area contributed by atoms with Gasteiger partial charge in [0.25, 0.3) is 5.91 Å². The highest BCUT2D eigenvalue weighted by molar-refractivity contribution is 7.88. The third-order valence-electron chi connectivity index (χ3n) is 5.81. The smallest absolute Gasteiger partial charge is 0.421 e. The Bertz CT molecular complexity index is 1220. The quantitative estimate of drug-likeness (QED) is 0.409. The molecule has 1 saturated carbocycles. The standard InChI is InChI=1S/C22H29F3N6O4S/c1-12-9-17(18(35-3)10-13(12)20(32)26-2)29-21-27-11-14(22(23,24)25)19(30-21)28-15-7-5-6-8-16(15)31-36(4,33)34/h9-11,15-16,31H,5-8H2,1-4H3,(H,26,32)(H2,27,28,29,30)/t15-,16-/m1/s1. The molecule has 0 saturated heterocycles. The number of methoxy groups -OCH3 is 1. The molecule has 4 N–H and O–H groups in total. The fraction of sp³-hybridized carbons (Fsp3) is 0.500. The van der Waals surface area contributed by atoms with E-state index in [1.54, 1.807) is 13.0 Å². The van der Waals surface area contributed by atoms with Crippen LogP contribution >= 0.6 is 0 Å². The van der Waals surface area contributed by atoms with Crippen LogP contribution in [-0.4, -0.2) is 56.8 Å². The maximum absolute atomic E-state index is 13.7. The van der Waals surface area contributed by atoms with Gasteiger partial charge in [0.2, 0.25) is 16.0 Å². The highest BCUT2D eigenvalue weighted by Crippen LogP contribution is 2.36. The minimum Gasteiger partial charge on any atom is -0.495 e. The van der Waals surface area contributed by atoms with E-state index < -0.39 is 39.7 Å². The number of nitrogens with one attached hydrogen (secondary N) is 4. The maximum atomic E-state index is 13.7. The zero-order valence-corrected chi connectivity index (χ0v) is 21.1. The Morgan fingerprint density at radius 2 is 1.83 bits per heavy atom. The molecule has 0 spiro atoms. The van der Waals surface area contributed by atoms with E-state index in [9.17, 15) is 26.4 Å². The number of nitrogens with zero attached hydrogens (tertiary/aromatic N) is 2. The van der Waals surface area contributed by atoms with Crippen LogP contribution in [0, 0.1) is 6.92 Å². The fourth-order valence-electron chi connectivity index (χ4n) is 4.11. The molecule has 2 aromatic rings. The maximum Gasteiger partial charge on any atom is 0.421 e. The number of carbonyl (C=O) groups is 1. The minimum atomic E-state index is -4.74. The fourth-order valence-corrected chi connectivity index (χ4v) is 4.94. The number of rotatable bonds is 8. The van der Waals surface area contributed by atoms with Gasteiger partial charge in [-0.05, 0) is 37.5 Å². The van der Waals surface area contributed by atoms with Gasteiger partial charge >= 0.3 is 6.18 Å². The number of sulfonamides is 1. The van der Waals surface area contributed by atoms with Gasteiger partial charge in [0.05, 0.1) is 19.1 Å². The zero-order valence-electron chi connectivity index (χ0n) is 20.3. The summed E-state index contributed by atoms with van der Waals surface area (Å²) in [6.45, 7) is 1.70. The number of aryl methyl sites for hydroxylation is 1. The Kier molecular flexibility index (Phi) is 8.29. The van der Waals surface area contributed by atoms with Gasteiger partial charge in [-0.1, -0.05) is 12.8 Å². The van der Waals surface area contributed by atoms with Crippen LogP contribution in [-0.2, 0) is 16.2 Å². The van der Waals surface area contributed by atoms with Gasteiger partial charge in [0.1, 0.15) is 17.1 Å². The van der Waals surface area contributed by atoms with Crippen LogP contribution in [0.15, 0.2) is 18.3 Å². The average molecular weight is 531 g/mol. The summed E-state index contributed by atoms with van der Waals surface area (Å²) < 4.78 is 72.6. The molecule has 1 aliphatic carbocycles. The van der Waals surface area contributed by atoms with Gasteiger partial charge < -0.3 is 20.7 Å². The molecule has 0 radical (unpaired) electrons. The Balaban J connectivity index is 1.96. The number of alkyl halides is 3. The lowest BCUT2D eigenvalue weighted by Gasteiger charge is -2.33. The first-order valence-corrected chi connectivity index (χ1v) is 13.1. The summed E-state index contributed by atoms with van der Waals surface area (Å²) >= 11 is 0. The molecular formula is C22H29F3N6O4S. The first-order valence-electron chi connectivity index (χ1n) is 11.2. The van der Waals surface area contributed by atoms with E-state index in [4.69, 9.17) is 4.74 Å². The largest absolute Gasteiger partial charge is 0.495 e. The third kappa shape index (κ3) is 6.75. The Hall–Kier alpha value is -3.13. The highest BCUT2D eigenvalue weighted by atomic mass is 32.2. The van der Waals surface area contributed by atoms with Gasteiger partial charge in [0, 0.05) is 30.9 Å². The van der Waals surface area contributed by atoms with Crippen molar-refractivity contribution in [3.63, 3.8) is 0 Å². The van der Waals surface area contributed by atoms with Crippen LogP contribution in [0.25, 0.3) is 0 Å². The number of hydrogen-bond donors (Lipinski definition) is 4. The average Bonchev–Trinajstić information content (AvgIpc) is 2.78. The Labute approximate surface area is 207 Å². The number of anilines is 3. The van der Waals surface area contributed by atoms with Crippen LogP contribution in [0.3, 0.4) is 0 Å². The summed E-state index contributed by atoms with van der Waals surface area (Å²) in [6, 6.07) is 1.93. The van der Waals surface area contributed by atoms with Crippen molar-refractivity contribution in [2.45, 2.75) is 50.9 Å². The van der Waals surface area contributed by atoms with E-state index >= 15 is 0 Å². The normalized spacial score (nSPS) is 18.4. The number of halogens is 3. The topological polar surface area (TPSA) is 134 Å². The monoisotopic (exact) mass is 530 g/mol. The van der Waals surface area contributed by atoms with Crippen molar-refractivity contribution in [1.29, 1.82) is 0 Å². The van der Waals surface area contributed by atoms with E-state index in [0.29, 0.717) is 35.9 Å². The summed E-state index contributed by atoms with van der Waals surface area (Å²) in [5.74, 6) is -0.662. The molecule has 36 heavy (non-hydrogen) atoms. The number of aromatic nitrogens is 2. The summed E-state index contributed by atoms with van der Waals surface area (Å²) in [5, 5.41) is 8.19. The summed E-state index contributed by atoms with van der Waals surface area (Å²) in [7, 11) is -0.675. The first-order chi connectivity index (χ1) is 16.8. The molecule has 1 amide bonds. The van der Waals surface area contributed by atoms with E-state index in [0.717, 1.165) is 19.1 Å². The predicted octanol–water partition coefficient (Wildman–Crippen LogP) is 3.19. The SMILES string of the molecule is CNC(=O)c1cc(OC)c(Nc2ncc(C(F)(F)F)c(N[C@@H]3CCCC[C@H]3NS(C)(=O)=O)n2)cc1C. The van der Waals surface area contributed by atoms with Gasteiger partial charge in [-0.25, -0.2) is 18.1 Å². The second kappa shape index (κ2) is 10.9. The molecule has 1 aliphatic rings. The molecule has 1 aromatic carbocycles. The Morgan fingerprint density at radius 3 is 2.42 bits per heavy atom. The molecular weight excluding hydrogens is 501 g/mol. The summed E-state index contributed by atoms with van der Waals surface area (Å²) in [6.07, 6.45) is -0.639. The second-order valence-corrected chi connectivity index (χ2v) is 10.3. The second-order valence-electron chi connectivity index (χ2n) is 8.56. The molecule has 1 heterocycles. The van der Waals surface area contributed by atoms with Crippen LogP contribution in [0.1, 0.15) is 47.2 Å². The van der Waals surface area contributed by atoms with Gasteiger partial charge in [-0.2, -0.15) is 18.2 Å². The van der Waals surface area contributed by atoms with Crippen molar-refractivity contribution in [1.82, 2.24) is 20.0 Å².